The second-order valence-corrected chi connectivity index (χ2v) is 5.84. The van der Waals surface area contributed by atoms with Crippen molar-refractivity contribution in [3.05, 3.63) is 36.4 Å². The van der Waals surface area contributed by atoms with E-state index in [1.807, 2.05) is 12.1 Å². The molecular formula is C18H17F2NO3. The van der Waals surface area contributed by atoms with Crippen LogP contribution in [0.2, 0.25) is 0 Å². The van der Waals surface area contributed by atoms with Crippen molar-refractivity contribution in [1.82, 2.24) is 0 Å². The van der Waals surface area contributed by atoms with Crippen molar-refractivity contribution in [3.63, 3.8) is 0 Å². The number of para-hydroxylation sites is 1. The number of fused-ring (bicyclic) bond motifs is 1. The van der Waals surface area contributed by atoms with Crippen molar-refractivity contribution in [2.75, 3.05) is 18.5 Å². The zero-order valence-electron chi connectivity index (χ0n) is 12.9. The van der Waals surface area contributed by atoms with Crippen LogP contribution in [0.5, 0.6) is 17.2 Å². The predicted molar refractivity (Wildman–Crippen MR) is 86.1 cm³/mol. The number of rotatable bonds is 5. The van der Waals surface area contributed by atoms with E-state index in [1.54, 1.807) is 24.3 Å². The predicted octanol–water partition coefficient (Wildman–Crippen LogP) is 4.30. The Hall–Kier alpha value is -2.50. The van der Waals surface area contributed by atoms with E-state index in [2.05, 4.69) is 5.32 Å². The molecule has 0 atom stereocenters. The van der Waals surface area contributed by atoms with Gasteiger partial charge in [0.1, 0.15) is 13.2 Å². The van der Waals surface area contributed by atoms with E-state index in [0.29, 0.717) is 42.0 Å². The van der Waals surface area contributed by atoms with Crippen LogP contribution in [0.15, 0.2) is 36.4 Å². The average molecular weight is 333 g/mol. The molecule has 0 aromatic heterocycles. The summed E-state index contributed by atoms with van der Waals surface area (Å²) >= 11 is 0. The molecule has 1 N–H and O–H groups in total. The monoisotopic (exact) mass is 333 g/mol. The van der Waals surface area contributed by atoms with E-state index in [-0.39, 0.29) is 5.75 Å². The highest BCUT2D eigenvalue weighted by Gasteiger charge is 2.25. The molecule has 0 spiro atoms. The first-order chi connectivity index (χ1) is 11.7. The number of nitrogens with one attached hydrogen (secondary N) is 1. The Morgan fingerprint density at radius 2 is 1.83 bits per heavy atom. The van der Waals surface area contributed by atoms with Crippen LogP contribution >= 0.6 is 0 Å². The van der Waals surface area contributed by atoms with Gasteiger partial charge in [-0.1, -0.05) is 18.2 Å². The molecule has 1 saturated carbocycles. The normalized spacial score (nSPS) is 16.1. The number of hydrogen-bond acceptors (Lipinski definition) is 4. The lowest BCUT2D eigenvalue weighted by atomic mass is 10.0. The van der Waals surface area contributed by atoms with Crippen molar-refractivity contribution in [2.24, 2.45) is 0 Å². The zero-order chi connectivity index (χ0) is 16.5. The van der Waals surface area contributed by atoms with Crippen LogP contribution in [0.4, 0.5) is 14.5 Å². The second kappa shape index (κ2) is 6.19. The molecule has 4 nitrogen and oxygen atoms in total. The van der Waals surface area contributed by atoms with Crippen LogP contribution in [0.1, 0.15) is 12.8 Å². The van der Waals surface area contributed by atoms with Crippen LogP contribution in [0.3, 0.4) is 0 Å². The van der Waals surface area contributed by atoms with Crippen LogP contribution < -0.4 is 19.5 Å². The Balaban J connectivity index is 1.75. The minimum absolute atomic E-state index is 0.163. The fourth-order valence-electron chi connectivity index (χ4n) is 2.75. The highest BCUT2D eigenvalue weighted by atomic mass is 19.3. The standard InChI is InChI=1S/C18H17F2NO3/c19-18(20)24-17-13(2-1-3-14(17)21-12-5-6-12)11-4-7-15-16(10-11)23-9-8-22-15/h1-4,7,10,12,18,21H,5-6,8-9H2. The van der Waals surface area contributed by atoms with Gasteiger partial charge in [0.15, 0.2) is 17.2 Å². The van der Waals surface area contributed by atoms with Gasteiger partial charge in [0.2, 0.25) is 0 Å². The van der Waals surface area contributed by atoms with Gasteiger partial charge in [-0.05, 0) is 36.6 Å². The largest absolute Gasteiger partial charge is 0.486 e. The summed E-state index contributed by atoms with van der Waals surface area (Å²) in [6.07, 6.45) is 2.09. The number of benzene rings is 2. The summed E-state index contributed by atoms with van der Waals surface area (Å²) in [5, 5.41) is 3.25. The summed E-state index contributed by atoms with van der Waals surface area (Å²) in [6.45, 7) is -1.91. The zero-order valence-corrected chi connectivity index (χ0v) is 12.9. The lowest BCUT2D eigenvalue weighted by Crippen LogP contribution is -2.15. The summed E-state index contributed by atoms with van der Waals surface area (Å²) in [5.41, 5.74) is 1.93. The van der Waals surface area contributed by atoms with Crippen LogP contribution in [0.25, 0.3) is 11.1 Å². The number of anilines is 1. The van der Waals surface area contributed by atoms with Gasteiger partial charge in [-0.2, -0.15) is 8.78 Å². The lowest BCUT2D eigenvalue weighted by Gasteiger charge is -2.20. The van der Waals surface area contributed by atoms with E-state index < -0.39 is 6.61 Å². The molecule has 6 heteroatoms. The Labute approximate surface area is 138 Å². The second-order valence-electron chi connectivity index (χ2n) is 5.84. The van der Waals surface area contributed by atoms with Gasteiger partial charge in [0, 0.05) is 11.6 Å². The van der Waals surface area contributed by atoms with Crippen LogP contribution in [0, 0.1) is 0 Å². The molecular weight excluding hydrogens is 316 g/mol. The fourth-order valence-corrected chi connectivity index (χ4v) is 2.75. The molecule has 0 amide bonds. The highest BCUT2D eigenvalue weighted by Crippen LogP contribution is 2.42. The molecule has 2 aliphatic rings. The van der Waals surface area contributed by atoms with Gasteiger partial charge < -0.3 is 19.5 Å². The molecule has 1 aliphatic heterocycles. The summed E-state index contributed by atoms with van der Waals surface area (Å²) < 4.78 is 41.8. The fraction of sp³-hybridized carbons (Fsp3) is 0.333. The van der Waals surface area contributed by atoms with Crippen molar-refractivity contribution in [2.45, 2.75) is 25.5 Å². The molecule has 24 heavy (non-hydrogen) atoms. The third-order valence-electron chi connectivity index (χ3n) is 4.01. The number of ether oxygens (including phenoxy) is 3. The van der Waals surface area contributed by atoms with E-state index in [4.69, 9.17) is 14.2 Å². The minimum Gasteiger partial charge on any atom is -0.486 e. The maximum atomic E-state index is 12.9. The highest BCUT2D eigenvalue weighted by molar-refractivity contribution is 5.79. The van der Waals surface area contributed by atoms with Gasteiger partial charge >= 0.3 is 6.61 Å². The molecule has 0 saturated heterocycles. The van der Waals surface area contributed by atoms with E-state index in [9.17, 15) is 8.78 Å². The molecule has 0 bridgehead atoms. The Bertz CT molecular complexity index is 747. The first-order valence-electron chi connectivity index (χ1n) is 7.95. The molecule has 1 aliphatic carbocycles. The van der Waals surface area contributed by atoms with Gasteiger partial charge in [0.05, 0.1) is 5.69 Å². The SMILES string of the molecule is FC(F)Oc1c(NC2CC2)cccc1-c1ccc2c(c1)OCCO2. The molecule has 126 valence electrons. The minimum atomic E-state index is -2.89. The Morgan fingerprint density at radius 1 is 1.04 bits per heavy atom. The van der Waals surface area contributed by atoms with Crippen molar-refractivity contribution < 1.29 is 23.0 Å². The number of halogens is 2. The van der Waals surface area contributed by atoms with Gasteiger partial charge in [-0.25, -0.2) is 0 Å². The van der Waals surface area contributed by atoms with E-state index in [0.717, 1.165) is 18.4 Å². The summed E-state index contributed by atoms with van der Waals surface area (Å²) in [6, 6.07) is 11.1. The molecule has 1 fully saturated rings. The average Bonchev–Trinajstić information content (AvgIpc) is 3.39. The first-order valence-corrected chi connectivity index (χ1v) is 7.95. The Morgan fingerprint density at radius 3 is 2.58 bits per heavy atom. The van der Waals surface area contributed by atoms with Gasteiger partial charge in [-0.15, -0.1) is 0 Å². The molecule has 2 aromatic rings. The van der Waals surface area contributed by atoms with Crippen LogP contribution in [-0.4, -0.2) is 25.9 Å². The van der Waals surface area contributed by atoms with Crippen LogP contribution in [-0.2, 0) is 0 Å². The first kappa shape index (κ1) is 15.1. The molecule has 2 aromatic carbocycles. The molecule has 0 radical (unpaired) electrons. The topological polar surface area (TPSA) is 39.7 Å². The third kappa shape index (κ3) is 3.09. The summed E-state index contributed by atoms with van der Waals surface area (Å²) in [7, 11) is 0. The molecule has 1 heterocycles. The van der Waals surface area contributed by atoms with E-state index >= 15 is 0 Å². The number of hydrogen-bond donors (Lipinski definition) is 1. The maximum Gasteiger partial charge on any atom is 0.387 e. The Kier molecular flexibility index (Phi) is 3.88. The van der Waals surface area contributed by atoms with Crippen molar-refractivity contribution in [3.8, 4) is 28.4 Å². The van der Waals surface area contributed by atoms with Crippen molar-refractivity contribution in [1.29, 1.82) is 0 Å². The maximum absolute atomic E-state index is 12.9. The van der Waals surface area contributed by atoms with E-state index in [1.165, 1.54) is 0 Å². The van der Waals surface area contributed by atoms with Gasteiger partial charge in [0.25, 0.3) is 0 Å². The van der Waals surface area contributed by atoms with Gasteiger partial charge in [-0.3, -0.25) is 0 Å². The quantitative estimate of drug-likeness (QED) is 0.885. The number of alkyl halides is 2. The van der Waals surface area contributed by atoms with Crippen molar-refractivity contribution >= 4 is 5.69 Å². The lowest BCUT2D eigenvalue weighted by molar-refractivity contribution is -0.0489. The molecule has 0 unspecified atom stereocenters. The summed E-state index contributed by atoms with van der Waals surface area (Å²) in [5.74, 6) is 1.44. The smallest absolute Gasteiger partial charge is 0.387 e. The summed E-state index contributed by atoms with van der Waals surface area (Å²) in [4.78, 5) is 0. The molecule has 4 rings (SSSR count). The third-order valence-corrected chi connectivity index (χ3v) is 4.01.